The normalized spacial score (nSPS) is 16.9. The molecule has 0 bridgehead atoms. The highest BCUT2D eigenvalue weighted by atomic mass is 35.5. The first kappa shape index (κ1) is 16.7. The number of rotatable bonds is 6. The summed E-state index contributed by atoms with van der Waals surface area (Å²) in [6, 6.07) is 7.58. The first-order chi connectivity index (χ1) is 10.1. The van der Waals surface area contributed by atoms with Crippen LogP contribution in [0.15, 0.2) is 29.2 Å². The van der Waals surface area contributed by atoms with Crippen LogP contribution in [-0.2, 0) is 4.79 Å². The van der Waals surface area contributed by atoms with Crippen molar-refractivity contribution in [3.05, 3.63) is 29.3 Å². The first-order valence-electron chi connectivity index (χ1n) is 7.47. The van der Waals surface area contributed by atoms with Crippen molar-refractivity contribution >= 4 is 29.3 Å². The van der Waals surface area contributed by atoms with E-state index < -0.39 is 0 Å². The van der Waals surface area contributed by atoms with Crippen molar-refractivity contribution in [3.63, 3.8) is 0 Å². The molecule has 1 amide bonds. The van der Waals surface area contributed by atoms with Gasteiger partial charge in [-0.25, -0.2) is 0 Å². The lowest BCUT2D eigenvalue weighted by Crippen LogP contribution is -2.33. The molecule has 2 rings (SSSR count). The van der Waals surface area contributed by atoms with Crippen molar-refractivity contribution in [2.24, 2.45) is 5.92 Å². The second kappa shape index (κ2) is 8.66. The zero-order valence-electron chi connectivity index (χ0n) is 12.5. The maximum Gasteiger partial charge on any atom is 0.230 e. The van der Waals surface area contributed by atoms with Crippen LogP contribution in [0.3, 0.4) is 0 Å². The summed E-state index contributed by atoms with van der Waals surface area (Å²) in [6.07, 6.45) is 3.61. The molecule has 3 nitrogen and oxygen atoms in total. The molecule has 0 radical (unpaired) electrons. The standard InChI is InChI=1S/C16H23ClN2OS/c1-19-10-7-13(8-11-19)6-9-18-16(20)12-21-15-4-2-14(17)3-5-15/h2-5,13H,6-12H2,1H3,(H,18,20). The smallest absolute Gasteiger partial charge is 0.230 e. The van der Waals surface area contributed by atoms with Gasteiger partial charge < -0.3 is 10.2 Å². The third-order valence-corrected chi connectivity index (χ3v) is 5.16. The minimum Gasteiger partial charge on any atom is -0.355 e. The fraction of sp³-hybridized carbons (Fsp3) is 0.562. The topological polar surface area (TPSA) is 32.3 Å². The summed E-state index contributed by atoms with van der Waals surface area (Å²) in [4.78, 5) is 15.3. The minimum absolute atomic E-state index is 0.114. The largest absolute Gasteiger partial charge is 0.355 e. The minimum atomic E-state index is 0.114. The van der Waals surface area contributed by atoms with Crippen LogP contribution in [0.4, 0.5) is 0 Å². The fourth-order valence-corrected chi connectivity index (χ4v) is 3.35. The third kappa shape index (κ3) is 6.29. The number of nitrogens with zero attached hydrogens (tertiary/aromatic N) is 1. The molecule has 1 aromatic rings. The maximum atomic E-state index is 11.8. The van der Waals surface area contributed by atoms with Crippen molar-refractivity contribution < 1.29 is 4.79 Å². The molecule has 5 heteroatoms. The molecule has 1 N–H and O–H groups in total. The monoisotopic (exact) mass is 326 g/mol. The molecule has 0 saturated carbocycles. The van der Waals surface area contributed by atoms with Gasteiger partial charge in [0.25, 0.3) is 0 Å². The molecule has 1 aromatic carbocycles. The highest BCUT2D eigenvalue weighted by molar-refractivity contribution is 8.00. The number of halogens is 1. The first-order valence-corrected chi connectivity index (χ1v) is 8.83. The molecule has 1 saturated heterocycles. The molecule has 1 fully saturated rings. The molecule has 0 atom stereocenters. The van der Waals surface area contributed by atoms with Gasteiger partial charge in [-0.2, -0.15) is 0 Å². The van der Waals surface area contributed by atoms with Crippen LogP contribution >= 0.6 is 23.4 Å². The summed E-state index contributed by atoms with van der Waals surface area (Å²) in [5, 5.41) is 3.75. The van der Waals surface area contributed by atoms with Gasteiger partial charge in [0.2, 0.25) is 5.91 Å². The van der Waals surface area contributed by atoms with Gasteiger partial charge in [-0.3, -0.25) is 4.79 Å². The summed E-state index contributed by atoms with van der Waals surface area (Å²) in [5.41, 5.74) is 0. The highest BCUT2D eigenvalue weighted by Crippen LogP contribution is 2.20. The molecule has 0 aromatic heterocycles. The van der Waals surface area contributed by atoms with E-state index >= 15 is 0 Å². The molecular formula is C16H23ClN2OS. The van der Waals surface area contributed by atoms with E-state index in [1.54, 1.807) is 11.8 Å². The van der Waals surface area contributed by atoms with Crippen molar-refractivity contribution in [3.8, 4) is 0 Å². The van der Waals surface area contributed by atoms with Gasteiger partial charge in [-0.1, -0.05) is 11.6 Å². The predicted octanol–water partition coefficient (Wildman–Crippen LogP) is 3.28. The summed E-state index contributed by atoms with van der Waals surface area (Å²) in [6.45, 7) is 3.17. The Labute approximate surface area is 136 Å². The molecule has 21 heavy (non-hydrogen) atoms. The molecule has 0 aliphatic carbocycles. The van der Waals surface area contributed by atoms with E-state index in [1.165, 1.54) is 25.9 Å². The molecule has 1 aliphatic heterocycles. The molecular weight excluding hydrogens is 304 g/mol. The molecule has 116 valence electrons. The molecule has 0 spiro atoms. The number of hydrogen-bond acceptors (Lipinski definition) is 3. The Hall–Kier alpha value is -0.710. The zero-order chi connectivity index (χ0) is 15.1. The highest BCUT2D eigenvalue weighted by Gasteiger charge is 2.16. The van der Waals surface area contributed by atoms with Crippen LogP contribution in [0.1, 0.15) is 19.3 Å². The predicted molar refractivity (Wildman–Crippen MR) is 90.0 cm³/mol. The number of benzene rings is 1. The second-order valence-electron chi connectivity index (χ2n) is 5.63. The van der Waals surface area contributed by atoms with Crippen molar-refractivity contribution in [2.75, 3.05) is 32.4 Å². The van der Waals surface area contributed by atoms with Crippen LogP contribution in [0.5, 0.6) is 0 Å². The Kier molecular flexibility index (Phi) is 6.87. The summed E-state index contributed by atoms with van der Waals surface area (Å²) in [7, 11) is 2.17. The van der Waals surface area contributed by atoms with Gasteiger partial charge in [0.15, 0.2) is 0 Å². The van der Waals surface area contributed by atoms with E-state index in [-0.39, 0.29) is 5.91 Å². The quantitative estimate of drug-likeness (QED) is 0.814. The number of thioether (sulfide) groups is 1. The average Bonchev–Trinajstić information content (AvgIpc) is 2.49. The van der Waals surface area contributed by atoms with Crippen LogP contribution in [0, 0.1) is 5.92 Å². The van der Waals surface area contributed by atoms with Gasteiger partial charge in [0, 0.05) is 16.5 Å². The lowest BCUT2D eigenvalue weighted by molar-refractivity contribution is -0.118. The van der Waals surface area contributed by atoms with Gasteiger partial charge in [0.1, 0.15) is 0 Å². The Morgan fingerprint density at radius 3 is 2.67 bits per heavy atom. The van der Waals surface area contributed by atoms with E-state index in [1.807, 2.05) is 24.3 Å². The summed E-state index contributed by atoms with van der Waals surface area (Å²) in [5.74, 6) is 1.35. The van der Waals surface area contributed by atoms with Crippen molar-refractivity contribution in [1.29, 1.82) is 0 Å². The lowest BCUT2D eigenvalue weighted by atomic mass is 9.94. The van der Waals surface area contributed by atoms with Gasteiger partial charge in [-0.05, 0) is 69.6 Å². The SMILES string of the molecule is CN1CCC(CCNC(=O)CSc2ccc(Cl)cc2)CC1. The summed E-state index contributed by atoms with van der Waals surface area (Å²) >= 11 is 7.38. The molecule has 0 unspecified atom stereocenters. The number of piperidine rings is 1. The van der Waals surface area contributed by atoms with Gasteiger partial charge >= 0.3 is 0 Å². The number of amides is 1. The number of hydrogen-bond donors (Lipinski definition) is 1. The van der Waals surface area contributed by atoms with Crippen LogP contribution in [0.25, 0.3) is 0 Å². The lowest BCUT2D eigenvalue weighted by Gasteiger charge is -2.28. The Balaban J connectivity index is 1.58. The van der Waals surface area contributed by atoms with Crippen LogP contribution in [-0.4, -0.2) is 43.2 Å². The van der Waals surface area contributed by atoms with E-state index in [2.05, 4.69) is 17.3 Å². The van der Waals surface area contributed by atoms with Gasteiger partial charge in [-0.15, -0.1) is 11.8 Å². The Bertz CT molecular complexity index is 444. The fourth-order valence-electron chi connectivity index (χ4n) is 2.50. The van der Waals surface area contributed by atoms with Crippen molar-refractivity contribution in [1.82, 2.24) is 10.2 Å². The van der Waals surface area contributed by atoms with Crippen LogP contribution in [0.2, 0.25) is 5.02 Å². The Morgan fingerprint density at radius 1 is 1.33 bits per heavy atom. The van der Waals surface area contributed by atoms with E-state index in [0.29, 0.717) is 5.75 Å². The number of likely N-dealkylation sites (tertiary alicyclic amines) is 1. The molecule has 1 heterocycles. The maximum absolute atomic E-state index is 11.8. The second-order valence-corrected chi connectivity index (χ2v) is 7.11. The van der Waals surface area contributed by atoms with E-state index in [9.17, 15) is 4.79 Å². The molecule has 1 aliphatic rings. The van der Waals surface area contributed by atoms with E-state index in [0.717, 1.165) is 28.8 Å². The van der Waals surface area contributed by atoms with Gasteiger partial charge in [0.05, 0.1) is 5.75 Å². The number of nitrogens with one attached hydrogen (secondary N) is 1. The number of carbonyl (C=O) groups excluding carboxylic acids is 1. The Morgan fingerprint density at radius 2 is 2.00 bits per heavy atom. The van der Waals surface area contributed by atoms with Crippen molar-refractivity contribution in [2.45, 2.75) is 24.2 Å². The number of carbonyl (C=O) groups is 1. The average molecular weight is 327 g/mol. The van der Waals surface area contributed by atoms with Crippen LogP contribution < -0.4 is 5.32 Å². The zero-order valence-corrected chi connectivity index (χ0v) is 14.1. The third-order valence-electron chi connectivity index (χ3n) is 3.90. The summed E-state index contributed by atoms with van der Waals surface area (Å²) < 4.78 is 0. The van der Waals surface area contributed by atoms with E-state index in [4.69, 9.17) is 11.6 Å².